The summed E-state index contributed by atoms with van der Waals surface area (Å²) in [6, 6.07) is 12.7. The number of imidazole rings is 1. The minimum Gasteiger partial charge on any atom is -0.462 e. The molecule has 0 aliphatic carbocycles. The molecule has 5 nitrogen and oxygen atoms in total. The molecule has 0 amide bonds. The molecule has 110 valence electrons. The Morgan fingerprint density at radius 1 is 1.23 bits per heavy atom. The lowest BCUT2D eigenvalue weighted by molar-refractivity contribution is 0.0528. The third kappa shape index (κ3) is 2.26. The van der Waals surface area contributed by atoms with Crippen molar-refractivity contribution in [1.29, 1.82) is 0 Å². The van der Waals surface area contributed by atoms with Crippen molar-refractivity contribution < 1.29 is 14.3 Å². The van der Waals surface area contributed by atoms with Gasteiger partial charge in [-0.1, -0.05) is 30.3 Å². The van der Waals surface area contributed by atoms with Crippen LogP contribution in [0.2, 0.25) is 0 Å². The van der Waals surface area contributed by atoms with Gasteiger partial charge in [0, 0.05) is 11.8 Å². The molecule has 0 unspecified atom stereocenters. The molecular formula is C17H14N2O3. The van der Waals surface area contributed by atoms with Gasteiger partial charge in [0.1, 0.15) is 17.0 Å². The first-order valence-electron chi connectivity index (χ1n) is 6.95. The Labute approximate surface area is 127 Å². The molecule has 3 rings (SSSR count). The van der Waals surface area contributed by atoms with Crippen molar-refractivity contribution in [3.8, 4) is 11.3 Å². The Hall–Kier alpha value is -2.95. The molecule has 0 aliphatic heterocycles. The Balaban J connectivity index is 2.26. The predicted molar refractivity (Wildman–Crippen MR) is 82.0 cm³/mol. The highest BCUT2D eigenvalue weighted by Crippen LogP contribution is 2.25. The first-order valence-corrected chi connectivity index (χ1v) is 6.95. The summed E-state index contributed by atoms with van der Waals surface area (Å²) in [5.74, 6) is -0.449. The number of hydrogen-bond donors (Lipinski definition) is 0. The lowest BCUT2D eigenvalue weighted by Gasteiger charge is -2.03. The van der Waals surface area contributed by atoms with Gasteiger partial charge in [-0.3, -0.25) is 9.20 Å². The molecule has 2 heterocycles. The first kappa shape index (κ1) is 14.0. The molecule has 0 aliphatic rings. The lowest BCUT2D eigenvalue weighted by atomic mass is 10.1. The smallest absolute Gasteiger partial charge is 0.341 e. The number of pyridine rings is 1. The topological polar surface area (TPSA) is 60.7 Å². The van der Waals surface area contributed by atoms with Crippen molar-refractivity contribution >= 4 is 17.9 Å². The van der Waals surface area contributed by atoms with Gasteiger partial charge in [-0.2, -0.15) is 0 Å². The minimum atomic E-state index is -0.449. The van der Waals surface area contributed by atoms with Gasteiger partial charge in [0.2, 0.25) is 0 Å². The molecule has 1 aromatic carbocycles. The highest BCUT2D eigenvalue weighted by molar-refractivity contribution is 5.98. The fraction of sp³-hybridized carbons (Fsp3) is 0.118. The predicted octanol–water partition coefficient (Wildman–Crippen LogP) is 2.99. The second kappa shape index (κ2) is 5.81. The number of aromatic nitrogens is 2. The molecule has 0 saturated carbocycles. The van der Waals surface area contributed by atoms with E-state index in [1.807, 2.05) is 30.3 Å². The highest BCUT2D eigenvalue weighted by atomic mass is 16.5. The van der Waals surface area contributed by atoms with Gasteiger partial charge in [0.15, 0.2) is 11.9 Å². The zero-order valence-electron chi connectivity index (χ0n) is 12.0. The molecule has 0 saturated heterocycles. The standard InChI is InChI=1S/C17H14N2O3/c1-2-22-17(21)13-9-6-10-19-14(11-20)15(18-16(13)19)12-7-4-3-5-8-12/h3-11H,2H2,1H3. The first-order chi connectivity index (χ1) is 10.8. The van der Waals surface area contributed by atoms with Crippen molar-refractivity contribution in [2.24, 2.45) is 0 Å². The third-order valence-corrected chi connectivity index (χ3v) is 3.34. The average molecular weight is 294 g/mol. The van der Waals surface area contributed by atoms with Crippen molar-refractivity contribution in [1.82, 2.24) is 9.38 Å². The number of ether oxygens (including phenoxy) is 1. The van der Waals surface area contributed by atoms with E-state index < -0.39 is 5.97 Å². The highest BCUT2D eigenvalue weighted by Gasteiger charge is 2.19. The van der Waals surface area contributed by atoms with Gasteiger partial charge in [-0.25, -0.2) is 9.78 Å². The largest absolute Gasteiger partial charge is 0.462 e. The fourth-order valence-corrected chi connectivity index (χ4v) is 2.38. The van der Waals surface area contributed by atoms with Gasteiger partial charge >= 0.3 is 5.97 Å². The number of rotatable bonds is 4. The second-order valence-electron chi connectivity index (χ2n) is 4.67. The van der Waals surface area contributed by atoms with Gasteiger partial charge < -0.3 is 4.74 Å². The molecule has 0 fully saturated rings. The summed E-state index contributed by atoms with van der Waals surface area (Å²) >= 11 is 0. The average Bonchev–Trinajstić information content (AvgIpc) is 2.94. The van der Waals surface area contributed by atoms with Crippen molar-refractivity contribution in [3.63, 3.8) is 0 Å². The number of carbonyl (C=O) groups is 2. The van der Waals surface area contributed by atoms with E-state index >= 15 is 0 Å². The van der Waals surface area contributed by atoms with E-state index in [0.29, 0.717) is 22.6 Å². The maximum atomic E-state index is 12.0. The summed E-state index contributed by atoms with van der Waals surface area (Å²) in [6.07, 6.45) is 2.46. The number of aldehydes is 1. The van der Waals surface area contributed by atoms with Crippen LogP contribution in [-0.2, 0) is 4.74 Å². The van der Waals surface area contributed by atoms with Crippen LogP contribution in [0, 0.1) is 0 Å². The van der Waals surface area contributed by atoms with Crippen LogP contribution in [0.5, 0.6) is 0 Å². The second-order valence-corrected chi connectivity index (χ2v) is 4.67. The Kier molecular flexibility index (Phi) is 3.70. The number of carbonyl (C=O) groups excluding carboxylic acids is 2. The van der Waals surface area contributed by atoms with Crippen LogP contribution in [0.25, 0.3) is 16.9 Å². The monoisotopic (exact) mass is 294 g/mol. The summed E-state index contributed by atoms with van der Waals surface area (Å²) in [5.41, 5.74) is 2.54. The maximum absolute atomic E-state index is 12.0. The summed E-state index contributed by atoms with van der Waals surface area (Å²) in [4.78, 5) is 28.0. The van der Waals surface area contributed by atoms with E-state index in [1.54, 1.807) is 29.7 Å². The van der Waals surface area contributed by atoms with Gasteiger partial charge in [0.25, 0.3) is 0 Å². The summed E-state index contributed by atoms with van der Waals surface area (Å²) in [6.45, 7) is 2.03. The molecule has 2 aromatic heterocycles. The van der Waals surface area contributed by atoms with E-state index in [0.717, 1.165) is 11.8 Å². The number of nitrogens with zero attached hydrogens (tertiary/aromatic N) is 2. The van der Waals surface area contributed by atoms with Crippen LogP contribution in [0.15, 0.2) is 48.7 Å². The SMILES string of the molecule is CCOC(=O)c1cccn2c(C=O)c(-c3ccccc3)nc12. The summed E-state index contributed by atoms with van der Waals surface area (Å²) in [7, 11) is 0. The molecule has 0 spiro atoms. The lowest BCUT2D eigenvalue weighted by Crippen LogP contribution is -2.07. The molecule has 0 N–H and O–H groups in total. The van der Waals surface area contributed by atoms with Crippen LogP contribution >= 0.6 is 0 Å². The van der Waals surface area contributed by atoms with E-state index in [1.165, 1.54) is 0 Å². The van der Waals surface area contributed by atoms with Crippen LogP contribution in [0.4, 0.5) is 0 Å². The Bertz CT molecular complexity index is 838. The maximum Gasteiger partial charge on any atom is 0.341 e. The Morgan fingerprint density at radius 3 is 2.68 bits per heavy atom. The number of fused-ring (bicyclic) bond motifs is 1. The minimum absolute atomic E-state index is 0.284. The summed E-state index contributed by atoms with van der Waals surface area (Å²) < 4.78 is 6.66. The summed E-state index contributed by atoms with van der Waals surface area (Å²) in [5, 5.41) is 0. The quantitative estimate of drug-likeness (QED) is 0.548. The number of benzene rings is 1. The molecule has 3 aromatic rings. The normalized spacial score (nSPS) is 10.6. The molecule has 22 heavy (non-hydrogen) atoms. The van der Waals surface area contributed by atoms with Crippen LogP contribution < -0.4 is 0 Å². The van der Waals surface area contributed by atoms with Crippen LogP contribution in [0.3, 0.4) is 0 Å². The van der Waals surface area contributed by atoms with Crippen LogP contribution in [0.1, 0.15) is 27.8 Å². The number of esters is 1. The Morgan fingerprint density at radius 2 is 2.00 bits per heavy atom. The molecule has 5 heteroatoms. The fourth-order valence-electron chi connectivity index (χ4n) is 2.38. The van der Waals surface area contributed by atoms with E-state index in [9.17, 15) is 9.59 Å². The zero-order valence-corrected chi connectivity index (χ0v) is 12.0. The van der Waals surface area contributed by atoms with E-state index in [-0.39, 0.29) is 6.61 Å². The molecule has 0 radical (unpaired) electrons. The third-order valence-electron chi connectivity index (χ3n) is 3.34. The van der Waals surface area contributed by atoms with Gasteiger partial charge in [0.05, 0.1) is 6.61 Å². The van der Waals surface area contributed by atoms with E-state index in [4.69, 9.17) is 4.74 Å². The van der Waals surface area contributed by atoms with Crippen molar-refractivity contribution in [2.45, 2.75) is 6.92 Å². The van der Waals surface area contributed by atoms with Crippen molar-refractivity contribution in [2.75, 3.05) is 6.61 Å². The number of hydrogen-bond acceptors (Lipinski definition) is 4. The van der Waals surface area contributed by atoms with Crippen LogP contribution in [-0.4, -0.2) is 28.2 Å². The zero-order chi connectivity index (χ0) is 15.5. The van der Waals surface area contributed by atoms with E-state index in [2.05, 4.69) is 4.98 Å². The molecule has 0 bridgehead atoms. The molecule has 0 atom stereocenters. The van der Waals surface area contributed by atoms with Gasteiger partial charge in [-0.05, 0) is 19.1 Å². The molecular weight excluding hydrogens is 280 g/mol. The van der Waals surface area contributed by atoms with Gasteiger partial charge in [-0.15, -0.1) is 0 Å². The van der Waals surface area contributed by atoms with Crippen molar-refractivity contribution in [3.05, 3.63) is 59.9 Å².